The Morgan fingerprint density at radius 3 is 2.67 bits per heavy atom. The second kappa shape index (κ2) is 10.3. The van der Waals surface area contributed by atoms with E-state index in [1.54, 1.807) is 6.26 Å². The minimum absolute atomic E-state index is 1.17. The van der Waals surface area contributed by atoms with Crippen molar-refractivity contribution in [2.24, 2.45) is 0 Å². The van der Waals surface area contributed by atoms with E-state index in [0.29, 0.717) is 0 Å². The monoisotopic (exact) mass is 167 g/mol. The van der Waals surface area contributed by atoms with Gasteiger partial charge in [-0.1, -0.05) is 38.3 Å². The molecule has 0 rings (SSSR count). The van der Waals surface area contributed by atoms with Crippen molar-refractivity contribution < 1.29 is 4.74 Å². The molecule has 1 heteroatoms. The van der Waals surface area contributed by atoms with Gasteiger partial charge in [-0.3, -0.25) is 0 Å². The Balaban J connectivity index is 3.07. The van der Waals surface area contributed by atoms with Crippen LogP contribution in [0.25, 0.3) is 0 Å². The van der Waals surface area contributed by atoms with Crippen LogP contribution in [-0.2, 0) is 4.74 Å². The van der Waals surface area contributed by atoms with Crippen molar-refractivity contribution in [3.8, 4) is 0 Å². The lowest BCUT2D eigenvalue weighted by Gasteiger charge is -1.92. The second-order valence-corrected chi connectivity index (χ2v) is 2.77. The summed E-state index contributed by atoms with van der Waals surface area (Å²) in [4.78, 5) is 0. The fourth-order valence-corrected chi connectivity index (χ4v) is 0.965. The average Bonchev–Trinajstić information content (AvgIpc) is 2.10. The minimum atomic E-state index is 1.17. The van der Waals surface area contributed by atoms with Crippen LogP contribution in [0.3, 0.4) is 0 Å². The van der Waals surface area contributed by atoms with Crippen molar-refractivity contribution in [2.45, 2.75) is 39.0 Å². The van der Waals surface area contributed by atoms with Crippen LogP contribution in [0.2, 0.25) is 0 Å². The van der Waals surface area contributed by atoms with Crippen molar-refractivity contribution >= 4 is 0 Å². The lowest BCUT2D eigenvalue weighted by Crippen LogP contribution is -1.73. The van der Waals surface area contributed by atoms with E-state index < -0.39 is 0 Å². The summed E-state index contributed by atoms with van der Waals surface area (Å²) in [7, 11) is 3.22. The number of ether oxygens (including phenoxy) is 1. The van der Waals surface area contributed by atoms with Gasteiger partial charge in [0.05, 0.1) is 6.26 Å². The normalized spacial score (nSPS) is 11.5. The van der Waals surface area contributed by atoms with Crippen LogP contribution in [0, 0.1) is 7.11 Å². The molecule has 1 radical (unpaired) electrons. The van der Waals surface area contributed by atoms with Crippen LogP contribution >= 0.6 is 0 Å². The molecule has 69 valence electrons. The number of hydrogen-bond acceptors (Lipinski definition) is 1. The molecule has 0 saturated heterocycles. The summed E-state index contributed by atoms with van der Waals surface area (Å²) in [6.07, 6.45) is 14.0. The zero-order valence-electron chi connectivity index (χ0n) is 7.96. The molecular formula is C11H19O. The highest BCUT2D eigenvalue weighted by atomic mass is 16.5. The third-order valence-corrected chi connectivity index (χ3v) is 1.65. The van der Waals surface area contributed by atoms with E-state index in [4.69, 9.17) is 0 Å². The predicted molar refractivity (Wildman–Crippen MR) is 53.5 cm³/mol. The number of allylic oxidation sites excluding steroid dienone is 3. The molecule has 0 saturated carbocycles. The molecule has 0 N–H and O–H groups in total. The first-order valence-electron chi connectivity index (χ1n) is 4.64. The zero-order chi connectivity index (χ0) is 9.07. The lowest BCUT2D eigenvalue weighted by atomic mass is 10.1. The molecule has 0 aromatic rings. The first-order valence-corrected chi connectivity index (χ1v) is 4.64. The van der Waals surface area contributed by atoms with Gasteiger partial charge >= 0.3 is 0 Å². The standard InChI is InChI=1S/C11H19O/c1-3-4-5-6-7-8-9-10-11-12-2/h8-11H,2-7H2,1H3. The Hall–Kier alpha value is -0.720. The van der Waals surface area contributed by atoms with Gasteiger partial charge in [-0.15, -0.1) is 0 Å². The molecule has 0 bridgehead atoms. The zero-order valence-corrected chi connectivity index (χ0v) is 7.96. The van der Waals surface area contributed by atoms with Gasteiger partial charge in [-0.25, -0.2) is 0 Å². The molecule has 0 aliphatic rings. The third kappa shape index (κ3) is 9.28. The van der Waals surface area contributed by atoms with Crippen molar-refractivity contribution in [2.75, 3.05) is 0 Å². The maximum Gasteiger partial charge on any atom is 0.121 e. The first-order chi connectivity index (χ1) is 5.91. The van der Waals surface area contributed by atoms with Crippen molar-refractivity contribution in [1.82, 2.24) is 0 Å². The van der Waals surface area contributed by atoms with E-state index in [2.05, 4.69) is 24.8 Å². The smallest absolute Gasteiger partial charge is 0.121 e. The SMILES string of the molecule is [CH2]OC=CC=CCCCCCC. The third-order valence-electron chi connectivity index (χ3n) is 1.65. The molecule has 0 aliphatic heterocycles. The highest BCUT2D eigenvalue weighted by Gasteiger charge is 1.82. The average molecular weight is 167 g/mol. The minimum Gasteiger partial charge on any atom is -0.498 e. The van der Waals surface area contributed by atoms with E-state index in [-0.39, 0.29) is 0 Å². The van der Waals surface area contributed by atoms with Gasteiger partial charge < -0.3 is 4.74 Å². The Kier molecular flexibility index (Phi) is 9.66. The molecule has 0 aliphatic carbocycles. The largest absolute Gasteiger partial charge is 0.498 e. The fourth-order valence-electron chi connectivity index (χ4n) is 0.965. The van der Waals surface area contributed by atoms with Gasteiger partial charge in [0, 0.05) is 0 Å². The molecule has 0 unspecified atom stereocenters. The summed E-state index contributed by atoms with van der Waals surface area (Å²) in [5.41, 5.74) is 0. The summed E-state index contributed by atoms with van der Waals surface area (Å²) in [5.74, 6) is 0. The highest BCUT2D eigenvalue weighted by molar-refractivity contribution is 4.99. The van der Waals surface area contributed by atoms with Gasteiger partial charge in [0.2, 0.25) is 0 Å². The molecule has 0 aromatic heterocycles. The summed E-state index contributed by atoms with van der Waals surface area (Å²) >= 11 is 0. The molecule has 0 aromatic carbocycles. The molecule has 0 spiro atoms. The Labute approximate surface area is 76.1 Å². The van der Waals surface area contributed by atoms with Crippen molar-refractivity contribution in [3.63, 3.8) is 0 Å². The molecule has 1 nitrogen and oxygen atoms in total. The summed E-state index contributed by atoms with van der Waals surface area (Å²) < 4.78 is 4.51. The molecule has 0 atom stereocenters. The number of hydrogen-bond donors (Lipinski definition) is 0. The molecule has 0 heterocycles. The van der Waals surface area contributed by atoms with Gasteiger partial charge in [0.15, 0.2) is 0 Å². The number of unbranched alkanes of at least 4 members (excludes halogenated alkanes) is 4. The van der Waals surface area contributed by atoms with Gasteiger partial charge in [0.1, 0.15) is 7.11 Å². The van der Waals surface area contributed by atoms with Gasteiger partial charge in [-0.2, -0.15) is 0 Å². The quantitative estimate of drug-likeness (QED) is 0.318. The molecule has 12 heavy (non-hydrogen) atoms. The van der Waals surface area contributed by atoms with Gasteiger partial charge in [-0.05, 0) is 18.9 Å². The topological polar surface area (TPSA) is 9.23 Å². The van der Waals surface area contributed by atoms with E-state index >= 15 is 0 Å². The van der Waals surface area contributed by atoms with E-state index in [1.807, 2.05) is 12.2 Å². The maximum atomic E-state index is 4.51. The highest BCUT2D eigenvalue weighted by Crippen LogP contribution is 2.02. The van der Waals surface area contributed by atoms with Crippen LogP contribution < -0.4 is 0 Å². The molecular weight excluding hydrogens is 148 g/mol. The van der Waals surface area contributed by atoms with E-state index in [0.717, 1.165) is 0 Å². The lowest BCUT2D eigenvalue weighted by molar-refractivity contribution is 0.394. The van der Waals surface area contributed by atoms with Crippen LogP contribution in [0.4, 0.5) is 0 Å². The second-order valence-electron chi connectivity index (χ2n) is 2.77. The fraction of sp³-hybridized carbons (Fsp3) is 0.545. The Bertz CT molecular complexity index is 125. The van der Waals surface area contributed by atoms with Crippen LogP contribution in [0.5, 0.6) is 0 Å². The van der Waals surface area contributed by atoms with Crippen molar-refractivity contribution in [3.05, 3.63) is 31.6 Å². The van der Waals surface area contributed by atoms with Crippen LogP contribution in [-0.4, -0.2) is 0 Å². The van der Waals surface area contributed by atoms with Crippen LogP contribution in [0.15, 0.2) is 24.5 Å². The maximum absolute atomic E-state index is 4.51. The number of rotatable bonds is 7. The van der Waals surface area contributed by atoms with E-state index in [1.165, 1.54) is 32.1 Å². The molecule has 0 fully saturated rings. The first kappa shape index (κ1) is 11.3. The summed E-state index contributed by atoms with van der Waals surface area (Å²) in [6, 6.07) is 0. The Morgan fingerprint density at radius 2 is 2.00 bits per heavy atom. The van der Waals surface area contributed by atoms with Crippen molar-refractivity contribution in [1.29, 1.82) is 0 Å². The Morgan fingerprint density at radius 1 is 1.17 bits per heavy atom. The van der Waals surface area contributed by atoms with Crippen LogP contribution in [0.1, 0.15) is 39.0 Å². The van der Waals surface area contributed by atoms with Gasteiger partial charge in [0.25, 0.3) is 0 Å². The molecule has 0 amide bonds. The van der Waals surface area contributed by atoms with E-state index in [9.17, 15) is 0 Å². The summed E-state index contributed by atoms with van der Waals surface area (Å²) in [5, 5.41) is 0. The predicted octanol–water partition coefficient (Wildman–Crippen LogP) is 3.83. The summed E-state index contributed by atoms with van der Waals surface area (Å²) in [6.45, 7) is 2.23.